The van der Waals surface area contributed by atoms with Crippen LogP contribution in [0.15, 0.2) is 29.3 Å². The van der Waals surface area contributed by atoms with E-state index in [0.29, 0.717) is 6.54 Å². The number of hydrogen-bond donors (Lipinski definition) is 0. The molecule has 78 valence electrons. The lowest BCUT2D eigenvalue weighted by Gasteiger charge is -2.21. The van der Waals surface area contributed by atoms with E-state index < -0.39 is 0 Å². The standard InChI is InChI=1S/C11H12N2O2/c1-9(14)15-13-8-4-7-12-10-5-2-3-6-11(10)13/h2-3,5-7H,4,8H2,1H3. The second-order valence-corrected chi connectivity index (χ2v) is 3.27. The van der Waals surface area contributed by atoms with Crippen LogP contribution in [0.4, 0.5) is 11.4 Å². The maximum absolute atomic E-state index is 10.9. The number of carbonyl (C=O) groups is 1. The summed E-state index contributed by atoms with van der Waals surface area (Å²) in [4.78, 5) is 20.3. The molecule has 0 spiro atoms. The minimum absolute atomic E-state index is 0.313. The summed E-state index contributed by atoms with van der Waals surface area (Å²) in [6, 6.07) is 7.60. The number of para-hydroxylation sites is 2. The van der Waals surface area contributed by atoms with Gasteiger partial charge in [0.2, 0.25) is 0 Å². The van der Waals surface area contributed by atoms with Crippen LogP contribution in [0.3, 0.4) is 0 Å². The third-order valence-electron chi connectivity index (χ3n) is 2.08. The topological polar surface area (TPSA) is 41.9 Å². The molecular formula is C11H12N2O2. The van der Waals surface area contributed by atoms with Crippen molar-refractivity contribution in [1.29, 1.82) is 0 Å². The maximum atomic E-state index is 10.9. The first-order valence-electron chi connectivity index (χ1n) is 4.85. The van der Waals surface area contributed by atoms with Crippen LogP contribution >= 0.6 is 0 Å². The van der Waals surface area contributed by atoms with Crippen molar-refractivity contribution >= 4 is 23.6 Å². The molecule has 1 aromatic carbocycles. The van der Waals surface area contributed by atoms with E-state index in [-0.39, 0.29) is 5.97 Å². The second-order valence-electron chi connectivity index (χ2n) is 3.27. The highest BCUT2D eigenvalue weighted by Crippen LogP contribution is 2.30. The van der Waals surface area contributed by atoms with Crippen LogP contribution < -0.4 is 5.06 Å². The van der Waals surface area contributed by atoms with E-state index in [4.69, 9.17) is 4.84 Å². The van der Waals surface area contributed by atoms with Crippen LogP contribution in [0.1, 0.15) is 13.3 Å². The van der Waals surface area contributed by atoms with Gasteiger partial charge < -0.3 is 4.84 Å². The van der Waals surface area contributed by atoms with Gasteiger partial charge in [-0.15, -0.1) is 0 Å². The molecular weight excluding hydrogens is 192 g/mol. The number of hydroxylamine groups is 1. The van der Waals surface area contributed by atoms with Crippen molar-refractivity contribution in [2.24, 2.45) is 4.99 Å². The van der Waals surface area contributed by atoms with Crippen LogP contribution in [0.25, 0.3) is 0 Å². The molecule has 0 bridgehead atoms. The van der Waals surface area contributed by atoms with Crippen molar-refractivity contribution in [3.05, 3.63) is 24.3 Å². The molecule has 1 aromatic rings. The van der Waals surface area contributed by atoms with Gasteiger partial charge in [-0.05, 0) is 12.1 Å². The van der Waals surface area contributed by atoms with Crippen molar-refractivity contribution in [1.82, 2.24) is 0 Å². The fourth-order valence-electron chi connectivity index (χ4n) is 1.49. The van der Waals surface area contributed by atoms with Gasteiger partial charge in [-0.2, -0.15) is 0 Å². The van der Waals surface area contributed by atoms with Crippen LogP contribution in [0.5, 0.6) is 0 Å². The third kappa shape index (κ3) is 2.15. The molecule has 0 aliphatic carbocycles. The normalized spacial score (nSPS) is 14.3. The zero-order valence-electron chi connectivity index (χ0n) is 8.51. The van der Waals surface area contributed by atoms with Gasteiger partial charge in [0.25, 0.3) is 0 Å². The molecule has 1 heterocycles. The molecule has 4 heteroatoms. The average Bonchev–Trinajstić information content (AvgIpc) is 2.41. The van der Waals surface area contributed by atoms with Gasteiger partial charge in [-0.25, -0.2) is 5.06 Å². The average molecular weight is 204 g/mol. The summed E-state index contributed by atoms with van der Waals surface area (Å²) in [5.41, 5.74) is 1.66. The molecule has 0 N–H and O–H groups in total. The zero-order valence-corrected chi connectivity index (χ0v) is 8.51. The Labute approximate surface area is 88.1 Å². The Balaban J connectivity index is 2.33. The minimum Gasteiger partial charge on any atom is -0.341 e. The molecule has 0 amide bonds. The lowest BCUT2D eigenvalue weighted by Crippen LogP contribution is -2.26. The number of rotatable bonds is 1. The Kier molecular flexibility index (Phi) is 2.67. The lowest BCUT2D eigenvalue weighted by atomic mass is 10.2. The molecule has 0 unspecified atom stereocenters. The number of hydrogen-bond acceptors (Lipinski definition) is 4. The highest BCUT2D eigenvalue weighted by Gasteiger charge is 2.15. The predicted octanol–water partition coefficient (Wildman–Crippen LogP) is 2.08. The largest absolute Gasteiger partial charge is 0.341 e. The van der Waals surface area contributed by atoms with Crippen LogP contribution in [0, 0.1) is 0 Å². The van der Waals surface area contributed by atoms with Gasteiger partial charge in [0, 0.05) is 19.6 Å². The molecule has 0 saturated carbocycles. The molecule has 1 aliphatic heterocycles. The highest BCUT2D eigenvalue weighted by atomic mass is 16.7. The number of benzene rings is 1. The molecule has 1 aliphatic rings. The van der Waals surface area contributed by atoms with Gasteiger partial charge in [-0.1, -0.05) is 12.1 Å². The molecule has 15 heavy (non-hydrogen) atoms. The SMILES string of the molecule is CC(=O)ON1CCC=Nc2ccccc21. The molecule has 2 rings (SSSR count). The van der Waals surface area contributed by atoms with Crippen LogP contribution in [-0.2, 0) is 9.63 Å². The molecule has 4 nitrogen and oxygen atoms in total. The lowest BCUT2D eigenvalue weighted by molar-refractivity contribution is -0.142. The summed E-state index contributed by atoms with van der Waals surface area (Å²) in [7, 11) is 0. The Morgan fingerprint density at radius 3 is 3.07 bits per heavy atom. The van der Waals surface area contributed by atoms with Gasteiger partial charge in [0.15, 0.2) is 0 Å². The molecule has 0 radical (unpaired) electrons. The van der Waals surface area contributed by atoms with E-state index >= 15 is 0 Å². The first-order valence-corrected chi connectivity index (χ1v) is 4.85. The van der Waals surface area contributed by atoms with E-state index in [1.165, 1.54) is 6.92 Å². The Hall–Kier alpha value is -1.84. The van der Waals surface area contributed by atoms with Crippen LogP contribution in [-0.4, -0.2) is 18.7 Å². The smallest absolute Gasteiger partial charge is 0.329 e. The number of carbonyl (C=O) groups excluding carboxylic acids is 1. The summed E-state index contributed by atoms with van der Waals surface area (Å²) in [5.74, 6) is -0.313. The fourth-order valence-corrected chi connectivity index (χ4v) is 1.49. The van der Waals surface area contributed by atoms with Crippen molar-refractivity contribution in [2.45, 2.75) is 13.3 Å². The number of anilines is 1. The summed E-state index contributed by atoms with van der Waals surface area (Å²) in [6.45, 7) is 2.04. The molecule has 0 aromatic heterocycles. The quantitative estimate of drug-likeness (QED) is 0.703. The summed E-state index contributed by atoms with van der Waals surface area (Å²) in [6.07, 6.45) is 2.60. The van der Waals surface area contributed by atoms with Gasteiger partial charge in [0.05, 0.1) is 12.2 Å². The number of fused-ring (bicyclic) bond motifs is 1. The third-order valence-corrected chi connectivity index (χ3v) is 2.08. The van der Waals surface area contributed by atoms with Crippen LogP contribution in [0.2, 0.25) is 0 Å². The zero-order chi connectivity index (χ0) is 10.7. The highest BCUT2D eigenvalue weighted by molar-refractivity contribution is 5.77. The van der Waals surface area contributed by atoms with Gasteiger partial charge in [-0.3, -0.25) is 9.79 Å². The van der Waals surface area contributed by atoms with Crippen molar-refractivity contribution in [3.8, 4) is 0 Å². The Morgan fingerprint density at radius 1 is 1.47 bits per heavy atom. The minimum atomic E-state index is -0.313. The summed E-state index contributed by atoms with van der Waals surface area (Å²) < 4.78 is 0. The summed E-state index contributed by atoms with van der Waals surface area (Å²) >= 11 is 0. The fraction of sp³-hybridized carbons (Fsp3) is 0.273. The van der Waals surface area contributed by atoms with Gasteiger partial charge in [0.1, 0.15) is 5.69 Å². The van der Waals surface area contributed by atoms with E-state index in [1.807, 2.05) is 30.5 Å². The summed E-state index contributed by atoms with van der Waals surface area (Å²) in [5, 5.41) is 1.59. The number of nitrogens with zero attached hydrogens (tertiary/aromatic N) is 2. The second kappa shape index (κ2) is 4.13. The first-order chi connectivity index (χ1) is 7.27. The first kappa shape index (κ1) is 9.71. The Morgan fingerprint density at radius 2 is 2.27 bits per heavy atom. The molecule has 0 atom stereocenters. The van der Waals surface area contributed by atoms with Gasteiger partial charge >= 0.3 is 5.97 Å². The maximum Gasteiger partial charge on any atom is 0.329 e. The number of aliphatic imine (C=N–C) groups is 1. The van der Waals surface area contributed by atoms with E-state index in [0.717, 1.165) is 17.8 Å². The van der Waals surface area contributed by atoms with Crippen molar-refractivity contribution in [2.75, 3.05) is 11.6 Å². The molecule has 0 saturated heterocycles. The van der Waals surface area contributed by atoms with Crippen molar-refractivity contribution < 1.29 is 9.63 Å². The molecule has 0 fully saturated rings. The van der Waals surface area contributed by atoms with E-state index in [9.17, 15) is 4.79 Å². The predicted molar refractivity (Wildman–Crippen MR) is 58.3 cm³/mol. The van der Waals surface area contributed by atoms with E-state index in [2.05, 4.69) is 4.99 Å². The monoisotopic (exact) mass is 204 g/mol. The Bertz CT molecular complexity index is 401. The van der Waals surface area contributed by atoms with E-state index in [1.54, 1.807) is 5.06 Å². The van der Waals surface area contributed by atoms with Crippen molar-refractivity contribution in [3.63, 3.8) is 0 Å².